The van der Waals surface area contributed by atoms with Crippen molar-refractivity contribution in [1.82, 2.24) is 0 Å². The van der Waals surface area contributed by atoms with Crippen LogP contribution in [-0.4, -0.2) is 94.2 Å². The van der Waals surface area contributed by atoms with Gasteiger partial charge < -0.3 is 37.4 Å². The Labute approximate surface area is 454 Å². The molecule has 0 aliphatic heterocycles. The molecule has 0 spiro atoms. The fraction of sp³-hybridized carbons (Fsp3) is 0.933. The number of rotatable bonds is 56. The lowest BCUT2D eigenvalue weighted by Crippen LogP contribution is -2.37. The van der Waals surface area contributed by atoms with E-state index in [2.05, 4.69) is 27.7 Å². The Balaban J connectivity index is 4.84. The Morgan fingerprint density at radius 3 is 0.986 bits per heavy atom. The normalized spacial score (nSPS) is 13.1. The number of carbonyl (C=O) groups is 4. The summed E-state index contributed by atoms with van der Waals surface area (Å²) < 4.78 is 46.2. The van der Waals surface area contributed by atoms with Crippen molar-refractivity contribution in [1.29, 1.82) is 0 Å². The first-order valence-electron chi connectivity index (χ1n) is 30.8. The van der Waals surface area contributed by atoms with Gasteiger partial charge in [0.1, 0.15) is 32.0 Å². The van der Waals surface area contributed by atoms with Crippen molar-refractivity contribution in [2.75, 3.05) is 47.5 Å². The summed E-state index contributed by atoms with van der Waals surface area (Å²) in [6, 6.07) is 0. The highest BCUT2D eigenvalue weighted by Crippen LogP contribution is 2.38. The molecular weight excluding hydrogens is 958 g/mol. The molecule has 0 rings (SSSR count). The van der Waals surface area contributed by atoms with Gasteiger partial charge in [0, 0.05) is 25.7 Å². The Hall–Kier alpha value is -2.05. The maximum absolute atomic E-state index is 12.9. The Morgan fingerprint density at radius 1 is 0.378 bits per heavy atom. The maximum atomic E-state index is 12.9. The second-order valence-electron chi connectivity index (χ2n) is 22.4. The smallest absolute Gasteiger partial charge is 0.306 e. The molecule has 0 saturated heterocycles. The minimum absolute atomic E-state index is 0.00709. The predicted octanol–water partition coefficient (Wildman–Crippen LogP) is 15.9. The van der Waals surface area contributed by atoms with Gasteiger partial charge >= 0.3 is 23.9 Å². The molecule has 0 heterocycles. The zero-order chi connectivity index (χ0) is 54.8. The molecule has 438 valence electrons. The third kappa shape index (κ3) is 50.7. The fourth-order valence-electron chi connectivity index (χ4n) is 9.02. The van der Waals surface area contributed by atoms with Crippen molar-refractivity contribution in [2.45, 2.75) is 316 Å². The second-order valence-corrected chi connectivity index (χ2v) is 23.8. The van der Waals surface area contributed by atoms with E-state index in [1.165, 1.54) is 128 Å². The van der Waals surface area contributed by atoms with Gasteiger partial charge in [0.2, 0.25) is 0 Å². The molecule has 0 radical (unpaired) electrons. The molecule has 0 N–H and O–H groups in total. The lowest BCUT2D eigenvalue weighted by molar-refractivity contribution is -0.870. The largest absolute Gasteiger partial charge is 0.756 e. The van der Waals surface area contributed by atoms with Crippen LogP contribution in [0.1, 0.15) is 297 Å². The van der Waals surface area contributed by atoms with Gasteiger partial charge in [-0.25, -0.2) is 0 Å². The number of ether oxygens (including phenoxy) is 4. The molecular formula is C60H116NO12P. The summed E-state index contributed by atoms with van der Waals surface area (Å²) in [5.41, 5.74) is 0. The van der Waals surface area contributed by atoms with Crippen LogP contribution in [0.15, 0.2) is 0 Å². The van der Waals surface area contributed by atoms with Gasteiger partial charge in [-0.05, 0) is 77.0 Å². The van der Waals surface area contributed by atoms with Crippen molar-refractivity contribution in [3.63, 3.8) is 0 Å². The lowest BCUT2D eigenvalue weighted by Gasteiger charge is -2.28. The molecule has 0 aromatic heterocycles. The summed E-state index contributed by atoms with van der Waals surface area (Å²) in [4.78, 5) is 63.9. The van der Waals surface area contributed by atoms with Gasteiger partial charge in [0.25, 0.3) is 7.82 Å². The highest BCUT2D eigenvalue weighted by Gasteiger charge is 2.22. The molecule has 0 aromatic carbocycles. The van der Waals surface area contributed by atoms with Gasteiger partial charge in [0.05, 0.1) is 27.7 Å². The molecule has 0 saturated carbocycles. The fourth-order valence-corrected chi connectivity index (χ4v) is 9.75. The van der Waals surface area contributed by atoms with E-state index in [0.717, 1.165) is 96.3 Å². The summed E-state index contributed by atoms with van der Waals surface area (Å²) in [6.07, 6.45) is 40.7. The van der Waals surface area contributed by atoms with Crippen LogP contribution in [0.25, 0.3) is 0 Å². The topological polar surface area (TPSA) is 164 Å². The quantitative estimate of drug-likeness (QED) is 0.0186. The number of phosphoric ester groups is 1. The zero-order valence-corrected chi connectivity index (χ0v) is 49.9. The third-order valence-electron chi connectivity index (χ3n) is 13.8. The molecule has 2 atom stereocenters. The van der Waals surface area contributed by atoms with Crippen LogP contribution < -0.4 is 4.89 Å². The van der Waals surface area contributed by atoms with E-state index in [4.69, 9.17) is 28.0 Å². The molecule has 74 heavy (non-hydrogen) atoms. The number of quaternary nitrogens is 1. The average Bonchev–Trinajstić information content (AvgIpc) is 3.35. The van der Waals surface area contributed by atoms with Crippen LogP contribution in [0.4, 0.5) is 0 Å². The van der Waals surface area contributed by atoms with Crippen molar-refractivity contribution >= 4 is 31.7 Å². The molecule has 0 aliphatic carbocycles. The molecule has 14 heteroatoms. The van der Waals surface area contributed by atoms with E-state index in [1.54, 1.807) is 0 Å². The summed E-state index contributed by atoms with van der Waals surface area (Å²) in [6.45, 7) is 8.38. The SMILES string of the molecule is CCCCCCCCC(CCCCCCCC)OC(=O)CCCCCCCCC(=O)O[C@@H](COC(=O)CCCCCCC(=O)OC(CCCCCCCC)CCCCCCCC)COP(=O)([O-])OCC[N+](C)(C)C. The number of hydrogen-bond donors (Lipinski definition) is 0. The lowest BCUT2D eigenvalue weighted by atomic mass is 10.0. The van der Waals surface area contributed by atoms with E-state index >= 15 is 0 Å². The van der Waals surface area contributed by atoms with Gasteiger partial charge in [-0.1, -0.05) is 195 Å². The number of nitrogens with zero attached hydrogens (tertiary/aromatic N) is 1. The summed E-state index contributed by atoms with van der Waals surface area (Å²) in [5, 5.41) is 0. The van der Waals surface area contributed by atoms with Crippen molar-refractivity contribution < 1.29 is 61.1 Å². The summed E-state index contributed by atoms with van der Waals surface area (Å²) in [7, 11) is 1.02. The first kappa shape index (κ1) is 72.0. The van der Waals surface area contributed by atoms with E-state index in [0.29, 0.717) is 43.1 Å². The van der Waals surface area contributed by atoms with Crippen molar-refractivity contribution in [2.24, 2.45) is 0 Å². The minimum atomic E-state index is -4.71. The van der Waals surface area contributed by atoms with E-state index in [9.17, 15) is 28.6 Å². The highest BCUT2D eigenvalue weighted by atomic mass is 31.2. The number of esters is 4. The Morgan fingerprint density at radius 2 is 0.662 bits per heavy atom. The van der Waals surface area contributed by atoms with Crippen LogP contribution >= 0.6 is 7.82 Å². The number of carbonyl (C=O) groups excluding carboxylic acids is 4. The summed E-state index contributed by atoms with van der Waals surface area (Å²) in [5.74, 6) is -1.25. The van der Waals surface area contributed by atoms with Crippen molar-refractivity contribution in [3.8, 4) is 0 Å². The van der Waals surface area contributed by atoms with Crippen LogP contribution in [-0.2, 0) is 51.7 Å². The van der Waals surface area contributed by atoms with Crippen LogP contribution in [0.3, 0.4) is 0 Å². The Kier molecular flexibility index (Phi) is 49.1. The van der Waals surface area contributed by atoms with Gasteiger partial charge in [-0.3, -0.25) is 23.7 Å². The second kappa shape index (κ2) is 50.5. The zero-order valence-electron chi connectivity index (χ0n) is 49.1. The number of likely N-dealkylation sites (N-methyl/N-ethyl adjacent to an activating group) is 1. The average molecular weight is 1070 g/mol. The number of phosphoric acid groups is 1. The van der Waals surface area contributed by atoms with Gasteiger partial charge in [0.15, 0.2) is 6.10 Å². The van der Waals surface area contributed by atoms with Crippen LogP contribution in [0.5, 0.6) is 0 Å². The van der Waals surface area contributed by atoms with Gasteiger partial charge in [-0.2, -0.15) is 0 Å². The third-order valence-corrected chi connectivity index (χ3v) is 14.8. The molecule has 0 bridgehead atoms. The predicted molar refractivity (Wildman–Crippen MR) is 300 cm³/mol. The highest BCUT2D eigenvalue weighted by molar-refractivity contribution is 7.45. The van der Waals surface area contributed by atoms with Crippen LogP contribution in [0.2, 0.25) is 0 Å². The minimum Gasteiger partial charge on any atom is -0.756 e. The first-order valence-corrected chi connectivity index (χ1v) is 32.2. The molecule has 0 amide bonds. The van der Waals surface area contributed by atoms with E-state index in [1.807, 2.05) is 21.1 Å². The standard InChI is InChI=1S/C60H116NO12P/c1-8-12-16-20-26-34-42-54(43-35-27-21-17-13-9-2)71-58(63)47-39-30-24-25-31-40-49-60(65)73-56(53-70-74(66,67)69-51-50-61(5,6)7)52-68-57(62)46-38-32-33-41-48-59(64)72-55(44-36-28-22-18-14-10-3)45-37-29-23-19-15-11-4/h54-56H,8-53H2,1-7H3/t56-/m0/s1. The van der Waals surface area contributed by atoms with E-state index < -0.39 is 32.5 Å². The molecule has 1 unspecified atom stereocenters. The molecule has 0 aromatic rings. The Bertz CT molecular complexity index is 1340. The maximum Gasteiger partial charge on any atom is 0.306 e. The van der Waals surface area contributed by atoms with Gasteiger partial charge in [-0.15, -0.1) is 0 Å². The van der Waals surface area contributed by atoms with Crippen molar-refractivity contribution in [3.05, 3.63) is 0 Å². The number of unbranched alkanes of at least 4 members (excludes halogenated alkanes) is 28. The molecule has 0 aliphatic rings. The first-order chi connectivity index (χ1) is 35.6. The monoisotopic (exact) mass is 1070 g/mol. The molecule has 13 nitrogen and oxygen atoms in total. The number of hydrogen-bond acceptors (Lipinski definition) is 12. The molecule has 0 fully saturated rings. The van der Waals surface area contributed by atoms with E-state index in [-0.39, 0.29) is 50.2 Å². The van der Waals surface area contributed by atoms with Crippen LogP contribution in [0, 0.1) is 0 Å². The summed E-state index contributed by atoms with van der Waals surface area (Å²) >= 11 is 0.